The van der Waals surface area contributed by atoms with Crippen molar-refractivity contribution < 1.29 is 4.74 Å². The number of anilines is 3. The van der Waals surface area contributed by atoms with Crippen LogP contribution in [0.15, 0.2) is 39.7 Å². The first-order valence-electron chi connectivity index (χ1n) is 12.1. The number of hydrogen-bond acceptors (Lipinski definition) is 7. The summed E-state index contributed by atoms with van der Waals surface area (Å²) in [6, 6.07) is 8.17. The van der Waals surface area contributed by atoms with Crippen molar-refractivity contribution in [2.24, 2.45) is 0 Å². The molecule has 5 rings (SSSR count). The van der Waals surface area contributed by atoms with Gasteiger partial charge in [-0.1, -0.05) is 6.42 Å². The number of aromatic nitrogens is 3. The molecule has 8 nitrogen and oxygen atoms in total. The number of likely N-dealkylation sites (tertiary alicyclic amines) is 1. The van der Waals surface area contributed by atoms with Gasteiger partial charge in [-0.3, -0.25) is 4.79 Å². The zero-order valence-electron chi connectivity index (χ0n) is 19.4. The monoisotopic (exact) mass is 526 g/mol. The third-order valence-electron chi connectivity index (χ3n) is 6.72. The van der Waals surface area contributed by atoms with Crippen LogP contribution in [-0.4, -0.2) is 52.1 Å². The van der Waals surface area contributed by atoms with Crippen LogP contribution in [0.4, 0.5) is 17.5 Å². The minimum Gasteiger partial charge on any atom is -0.490 e. The molecule has 1 aliphatic heterocycles. The summed E-state index contributed by atoms with van der Waals surface area (Å²) in [6.45, 7) is 2.07. The predicted octanol–water partition coefficient (Wildman–Crippen LogP) is 5.04. The summed E-state index contributed by atoms with van der Waals surface area (Å²) in [5.41, 5.74) is 1.18. The molecule has 0 radical (unpaired) electrons. The second-order valence-electron chi connectivity index (χ2n) is 9.33. The van der Waals surface area contributed by atoms with Crippen molar-refractivity contribution >= 4 is 44.3 Å². The number of nitrogens with zero attached hydrogens (tertiary/aromatic N) is 3. The minimum absolute atomic E-state index is 0.233. The summed E-state index contributed by atoms with van der Waals surface area (Å²) in [4.78, 5) is 27.2. The highest BCUT2D eigenvalue weighted by Crippen LogP contribution is 2.29. The lowest BCUT2D eigenvalue weighted by molar-refractivity contribution is 0.155. The SMILES string of the molecule is CN1CCC(Nc2nc(Nc3ccc(OC4CCCCC4)cc3)c3c(=O)[nH]cc(Br)c3n2)CC1. The van der Waals surface area contributed by atoms with E-state index < -0.39 is 0 Å². The molecule has 34 heavy (non-hydrogen) atoms. The molecule has 1 saturated carbocycles. The molecule has 180 valence electrons. The van der Waals surface area contributed by atoms with Gasteiger partial charge in [-0.2, -0.15) is 4.98 Å². The van der Waals surface area contributed by atoms with Crippen LogP contribution in [-0.2, 0) is 0 Å². The first-order valence-corrected chi connectivity index (χ1v) is 12.9. The molecule has 0 amide bonds. The van der Waals surface area contributed by atoms with Crippen molar-refractivity contribution in [3.8, 4) is 5.75 Å². The first-order chi connectivity index (χ1) is 16.5. The molecule has 3 N–H and O–H groups in total. The van der Waals surface area contributed by atoms with Crippen LogP contribution >= 0.6 is 15.9 Å². The van der Waals surface area contributed by atoms with E-state index in [9.17, 15) is 4.79 Å². The molecule has 1 aromatic carbocycles. The van der Waals surface area contributed by atoms with E-state index in [-0.39, 0.29) is 5.56 Å². The number of fused-ring (bicyclic) bond motifs is 1. The van der Waals surface area contributed by atoms with Gasteiger partial charge in [0, 0.05) is 17.9 Å². The van der Waals surface area contributed by atoms with Crippen LogP contribution in [0.25, 0.3) is 10.9 Å². The normalized spacial score (nSPS) is 18.2. The van der Waals surface area contributed by atoms with Crippen LogP contribution in [0, 0.1) is 0 Å². The molecule has 0 spiro atoms. The van der Waals surface area contributed by atoms with Gasteiger partial charge in [-0.25, -0.2) is 4.98 Å². The summed E-state index contributed by atoms with van der Waals surface area (Å²) in [7, 11) is 2.14. The lowest BCUT2D eigenvalue weighted by Crippen LogP contribution is -2.37. The summed E-state index contributed by atoms with van der Waals surface area (Å²) in [5.74, 6) is 1.87. The molecule has 9 heteroatoms. The maximum Gasteiger partial charge on any atom is 0.261 e. The highest BCUT2D eigenvalue weighted by atomic mass is 79.9. The van der Waals surface area contributed by atoms with Gasteiger partial charge in [0.05, 0.1) is 16.1 Å². The van der Waals surface area contributed by atoms with Gasteiger partial charge in [-0.15, -0.1) is 0 Å². The first kappa shape index (κ1) is 23.1. The fourth-order valence-electron chi connectivity index (χ4n) is 4.74. The summed E-state index contributed by atoms with van der Waals surface area (Å²) < 4.78 is 6.87. The van der Waals surface area contributed by atoms with E-state index >= 15 is 0 Å². The Kier molecular flexibility index (Phi) is 7.01. The fourth-order valence-corrected chi connectivity index (χ4v) is 5.14. The molecular formula is C25H31BrN6O2. The van der Waals surface area contributed by atoms with Crippen LogP contribution in [0.5, 0.6) is 5.75 Å². The molecule has 1 aliphatic carbocycles. The van der Waals surface area contributed by atoms with Crippen molar-refractivity contribution in [2.45, 2.75) is 57.1 Å². The average molecular weight is 527 g/mol. The Bertz CT molecular complexity index is 1180. The van der Waals surface area contributed by atoms with Gasteiger partial charge in [0.1, 0.15) is 17.0 Å². The minimum atomic E-state index is -0.233. The van der Waals surface area contributed by atoms with E-state index in [1.807, 2.05) is 24.3 Å². The highest BCUT2D eigenvalue weighted by molar-refractivity contribution is 9.10. The Morgan fingerprint density at radius 1 is 1.06 bits per heavy atom. The van der Waals surface area contributed by atoms with E-state index in [1.54, 1.807) is 6.20 Å². The number of aromatic amines is 1. The van der Waals surface area contributed by atoms with E-state index in [2.05, 4.69) is 48.5 Å². The quantitative estimate of drug-likeness (QED) is 0.413. The molecule has 2 fully saturated rings. The number of pyridine rings is 1. The average Bonchev–Trinajstić information content (AvgIpc) is 2.85. The van der Waals surface area contributed by atoms with Crippen molar-refractivity contribution in [2.75, 3.05) is 30.8 Å². The number of ether oxygens (including phenoxy) is 1. The third kappa shape index (κ3) is 5.36. The number of piperidine rings is 1. The van der Waals surface area contributed by atoms with Crippen molar-refractivity contribution in [3.05, 3.63) is 45.3 Å². The summed E-state index contributed by atoms with van der Waals surface area (Å²) in [6.07, 6.45) is 10.0. The zero-order valence-corrected chi connectivity index (χ0v) is 21.0. The number of hydrogen-bond donors (Lipinski definition) is 3. The number of nitrogens with one attached hydrogen (secondary N) is 3. The third-order valence-corrected chi connectivity index (χ3v) is 7.32. The number of halogens is 1. The maximum atomic E-state index is 12.7. The Morgan fingerprint density at radius 2 is 1.79 bits per heavy atom. The van der Waals surface area contributed by atoms with Crippen LogP contribution in [0.1, 0.15) is 44.9 Å². The highest BCUT2D eigenvalue weighted by Gasteiger charge is 2.20. The van der Waals surface area contributed by atoms with Gasteiger partial charge in [0.2, 0.25) is 5.95 Å². The van der Waals surface area contributed by atoms with Gasteiger partial charge >= 0.3 is 0 Å². The van der Waals surface area contributed by atoms with E-state index in [0.717, 1.165) is 54.7 Å². The van der Waals surface area contributed by atoms with Gasteiger partial charge < -0.3 is 25.3 Å². The van der Waals surface area contributed by atoms with Gasteiger partial charge in [-0.05, 0) is 98.9 Å². The largest absolute Gasteiger partial charge is 0.490 e. The smallest absolute Gasteiger partial charge is 0.261 e. The van der Waals surface area contributed by atoms with Crippen molar-refractivity contribution in [1.29, 1.82) is 0 Å². The van der Waals surface area contributed by atoms with E-state index in [4.69, 9.17) is 9.72 Å². The Hall–Kier alpha value is -2.65. The molecule has 3 heterocycles. The second kappa shape index (κ2) is 10.3. The molecule has 0 bridgehead atoms. The number of H-pyrrole nitrogens is 1. The van der Waals surface area contributed by atoms with Crippen LogP contribution < -0.4 is 20.9 Å². The van der Waals surface area contributed by atoms with Crippen molar-refractivity contribution in [1.82, 2.24) is 19.9 Å². The van der Waals surface area contributed by atoms with Crippen LogP contribution in [0.2, 0.25) is 0 Å². The predicted molar refractivity (Wildman–Crippen MR) is 139 cm³/mol. The topological polar surface area (TPSA) is 95.2 Å². The lowest BCUT2D eigenvalue weighted by atomic mass is 9.98. The number of rotatable bonds is 6. The second-order valence-corrected chi connectivity index (χ2v) is 10.2. The zero-order chi connectivity index (χ0) is 23.5. The van der Waals surface area contributed by atoms with Gasteiger partial charge in [0.15, 0.2) is 0 Å². The summed E-state index contributed by atoms with van der Waals surface area (Å²) >= 11 is 3.54. The van der Waals surface area contributed by atoms with Gasteiger partial charge in [0.25, 0.3) is 5.56 Å². The van der Waals surface area contributed by atoms with E-state index in [0.29, 0.717) is 34.8 Å². The molecule has 0 atom stereocenters. The standard InChI is InChI=1S/C25H31BrN6O2/c1-32-13-11-17(12-14-32)29-25-30-22-20(26)15-27-24(33)21(22)23(31-25)28-16-7-9-19(10-8-16)34-18-5-3-2-4-6-18/h7-10,15,17-18H,2-6,11-14H2,1H3,(H,27,33)(H2,28,29,30,31). The van der Waals surface area contributed by atoms with E-state index in [1.165, 1.54) is 19.3 Å². The fraction of sp³-hybridized carbons (Fsp3) is 0.480. The Balaban J connectivity index is 1.40. The molecule has 1 saturated heterocycles. The molecule has 2 aromatic heterocycles. The van der Waals surface area contributed by atoms with Crippen molar-refractivity contribution in [3.63, 3.8) is 0 Å². The summed E-state index contributed by atoms with van der Waals surface area (Å²) in [5, 5.41) is 7.24. The molecular weight excluding hydrogens is 496 g/mol. The maximum absolute atomic E-state index is 12.7. The van der Waals surface area contributed by atoms with Crippen LogP contribution in [0.3, 0.4) is 0 Å². The molecule has 3 aromatic rings. The molecule has 2 aliphatic rings. The molecule has 0 unspecified atom stereocenters. The number of benzene rings is 1. The Labute approximate surface area is 207 Å². The Morgan fingerprint density at radius 3 is 2.53 bits per heavy atom. The lowest BCUT2D eigenvalue weighted by Gasteiger charge is -2.29.